The highest BCUT2D eigenvalue weighted by molar-refractivity contribution is 4.68. The maximum Gasteiger partial charge on any atom is 0.00874 e. The summed E-state index contributed by atoms with van der Waals surface area (Å²) in [7, 11) is 0. The van der Waals surface area contributed by atoms with Crippen LogP contribution in [-0.4, -0.2) is 19.1 Å². The normalized spacial score (nSPS) is 13.6. The summed E-state index contributed by atoms with van der Waals surface area (Å²) in [5.41, 5.74) is 5.42. The van der Waals surface area contributed by atoms with Crippen molar-refractivity contribution in [3.63, 3.8) is 0 Å². The second kappa shape index (κ2) is 8.52. The summed E-state index contributed by atoms with van der Waals surface area (Å²) in [5, 5.41) is 3.59. The summed E-state index contributed by atoms with van der Waals surface area (Å²) in [4.78, 5) is 0. The molecule has 3 N–H and O–H groups in total. The van der Waals surface area contributed by atoms with E-state index in [2.05, 4.69) is 26.1 Å². The van der Waals surface area contributed by atoms with Crippen LogP contribution in [0, 0.1) is 5.92 Å². The number of hydrogen-bond donors (Lipinski definition) is 2. The molecule has 0 saturated carbocycles. The molecule has 1 atom stereocenters. The third-order valence-corrected chi connectivity index (χ3v) is 2.53. The van der Waals surface area contributed by atoms with Gasteiger partial charge in [0.25, 0.3) is 0 Å². The highest BCUT2D eigenvalue weighted by Gasteiger charge is 2.08. The monoisotopic (exact) mass is 186 g/mol. The molecule has 0 heterocycles. The molecule has 2 nitrogen and oxygen atoms in total. The van der Waals surface area contributed by atoms with Crippen molar-refractivity contribution >= 4 is 0 Å². The Labute approximate surface area is 83.3 Å². The summed E-state index contributed by atoms with van der Waals surface area (Å²) in [5.74, 6) is 0.750. The van der Waals surface area contributed by atoms with Crippen LogP contribution in [0.5, 0.6) is 0 Å². The molecule has 13 heavy (non-hydrogen) atoms. The van der Waals surface area contributed by atoms with Gasteiger partial charge in [0.15, 0.2) is 0 Å². The average Bonchev–Trinajstić information content (AvgIpc) is 2.10. The molecule has 2 heteroatoms. The second-order valence-corrected chi connectivity index (χ2v) is 4.06. The summed E-state index contributed by atoms with van der Waals surface area (Å²) in [6, 6.07) is 0.692. The van der Waals surface area contributed by atoms with Gasteiger partial charge in [-0.05, 0) is 38.3 Å². The van der Waals surface area contributed by atoms with Gasteiger partial charge in [0.05, 0.1) is 0 Å². The van der Waals surface area contributed by atoms with Crippen molar-refractivity contribution < 1.29 is 0 Å². The smallest absolute Gasteiger partial charge is 0.00874 e. The number of unbranched alkanes of at least 4 members (excludes halogenated alkanes) is 2. The van der Waals surface area contributed by atoms with Crippen molar-refractivity contribution in [1.29, 1.82) is 0 Å². The fraction of sp³-hybridized carbons (Fsp3) is 1.00. The van der Waals surface area contributed by atoms with E-state index in [1.807, 2.05) is 0 Å². The molecule has 0 aromatic heterocycles. The van der Waals surface area contributed by atoms with Crippen molar-refractivity contribution in [2.24, 2.45) is 11.7 Å². The van der Waals surface area contributed by atoms with E-state index in [4.69, 9.17) is 5.73 Å². The van der Waals surface area contributed by atoms with Crippen molar-refractivity contribution in [2.75, 3.05) is 13.1 Å². The predicted molar refractivity (Wildman–Crippen MR) is 59.8 cm³/mol. The molecule has 0 rings (SSSR count). The van der Waals surface area contributed by atoms with Gasteiger partial charge in [-0.1, -0.05) is 27.2 Å². The molecule has 0 aromatic carbocycles. The van der Waals surface area contributed by atoms with Crippen molar-refractivity contribution in [2.45, 2.75) is 52.5 Å². The Morgan fingerprint density at radius 2 is 1.85 bits per heavy atom. The largest absolute Gasteiger partial charge is 0.330 e. The molecule has 0 aliphatic carbocycles. The summed E-state index contributed by atoms with van der Waals surface area (Å²) < 4.78 is 0. The van der Waals surface area contributed by atoms with Crippen molar-refractivity contribution in [3.05, 3.63) is 0 Å². The third-order valence-electron chi connectivity index (χ3n) is 2.53. The van der Waals surface area contributed by atoms with Crippen LogP contribution in [0.4, 0.5) is 0 Å². The Hall–Kier alpha value is -0.0800. The van der Waals surface area contributed by atoms with E-state index in [-0.39, 0.29) is 0 Å². The zero-order chi connectivity index (χ0) is 10.1. The van der Waals surface area contributed by atoms with Crippen LogP contribution < -0.4 is 11.1 Å². The molecule has 80 valence electrons. The van der Waals surface area contributed by atoms with Gasteiger partial charge in [-0.15, -0.1) is 0 Å². The number of hydrogen-bond acceptors (Lipinski definition) is 2. The van der Waals surface area contributed by atoms with Crippen molar-refractivity contribution in [1.82, 2.24) is 5.32 Å². The Morgan fingerprint density at radius 1 is 1.15 bits per heavy atom. The minimum atomic E-state index is 0.692. The van der Waals surface area contributed by atoms with Crippen LogP contribution in [-0.2, 0) is 0 Å². The maximum absolute atomic E-state index is 5.42. The first-order valence-electron chi connectivity index (χ1n) is 5.65. The first kappa shape index (κ1) is 12.9. The molecule has 0 radical (unpaired) electrons. The molecule has 0 saturated heterocycles. The molecule has 0 amide bonds. The van der Waals surface area contributed by atoms with E-state index in [0.717, 1.165) is 19.0 Å². The lowest BCUT2D eigenvalue weighted by Crippen LogP contribution is -2.33. The van der Waals surface area contributed by atoms with Gasteiger partial charge in [-0.25, -0.2) is 0 Å². The fourth-order valence-corrected chi connectivity index (χ4v) is 1.59. The SMILES string of the molecule is CCC(NCCCCCN)C(C)C. The highest BCUT2D eigenvalue weighted by Crippen LogP contribution is 2.05. The lowest BCUT2D eigenvalue weighted by atomic mass is 10.0. The Balaban J connectivity index is 3.28. The Morgan fingerprint density at radius 3 is 2.31 bits per heavy atom. The van der Waals surface area contributed by atoms with Crippen molar-refractivity contribution in [3.8, 4) is 0 Å². The topological polar surface area (TPSA) is 38.0 Å². The molecule has 0 spiro atoms. The lowest BCUT2D eigenvalue weighted by molar-refractivity contribution is 0.384. The van der Waals surface area contributed by atoms with Crippen LogP contribution >= 0.6 is 0 Å². The van der Waals surface area contributed by atoms with Gasteiger partial charge in [0.1, 0.15) is 0 Å². The molecule has 0 aromatic rings. The molecule has 0 aliphatic heterocycles. The van der Waals surface area contributed by atoms with Gasteiger partial charge in [0, 0.05) is 6.04 Å². The molecule has 0 bridgehead atoms. The molecule has 1 unspecified atom stereocenters. The van der Waals surface area contributed by atoms with E-state index in [0.29, 0.717) is 6.04 Å². The minimum Gasteiger partial charge on any atom is -0.330 e. The van der Waals surface area contributed by atoms with Crippen LogP contribution in [0.1, 0.15) is 46.5 Å². The summed E-state index contributed by atoms with van der Waals surface area (Å²) in [6.45, 7) is 8.79. The van der Waals surface area contributed by atoms with Crippen LogP contribution in [0.15, 0.2) is 0 Å². The molecular formula is C11H26N2. The lowest BCUT2D eigenvalue weighted by Gasteiger charge is -2.20. The highest BCUT2D eigenvalue weighted by atomic mass is 14.9. The van der Waals surface area contributed by atoms with Gasteiger partial charge in [0.2, 0.25) is 0 Å². The Bertz CT molecular complexity index is 102. The van der Waals surface area contributed by atoms with E-state index in [1.165, 1.54) is 25.7 Å². The zero-order valence-electron chi connectivity index (χ0n) is 9.47. The average molecular weight is 186 g/mol. The molecular weight excluding hydrogens is 160 g/mol. The quantitative estimate of drug-likeness (QED) is 0.570. The number of nitrogens with one attached hydrogen (secondary N) is 1. The summed E-state index contributed by atoms with van der Waals surface area (Å²) in [6.07, 6.45) is 4.92. The van der Waals surface area contributed by atoms with Crippen LogP contribution in [0.2, 0.25) is 0 Å². The summed E-state index contributed by atoms with van der Waals surface area (Å²) >= 11 is 0. The van der Waals surface area contributed by atoms with E-state index < -0.39 is 0 Å². The van der Waals surface area contributed by atoms with E-state index >= 15 is 0 Å². The van der Waals surface area contributed by atoms with E-state index in [9.17, 15) is 0 Å². The van der Waals surface area contributed by atoms with Gasteiger partial charge in [-0.2, -0.15) is 0 Å². The third kappa shape index (κ3) is 7.03. The Kier molecular flexibility index (Phi) is 8.46. The minimum absolute atomic E-state index is 0.692. The molecule has 0 fully saturated rings. The predicted octanol–water partition coefficient (Wildman–Crippen LogP) is 2.14. The van der Waals surface area contributed by atoms with Crippen LogP contribution in [0.3, 0.4) is 0 Å². The standard InChI is InChI=1S/C11H26N2/c1-4-11(10(2)3)13-9-7-5-6-8-12/h10-11,13H,4-9,12H2,1-3H3. The first-order valence-corrected chi connectivity index (χ1v) is 5.65. The van der Waals surface area contributed by atoms with Crippen LogP contribution in [0.25, 0.3) is 0 Å². The maximum atomic E-state index is 5.42. The second-order valence-electron chi connectivity index (χ2n) is 4.06. The number of rotatable bonds is 8. The fourth-order valence-electron chi connectivity index (χ4n) is 1.59. The molecule has 0 aliphatic rings. The van der Waals surface area contributed by atoms with Gasteiger partial charge in [-0.3, -0.25) is 0 Å². The zero-order valence-corrected chi connectivity index (χ0v) is 9.47. The van der Waals surface area contributed by atoms with E-state index in [1.54, 1.807) is 0 Å². The first-order chi connectivity index (χ1) is 6.22. The van der Waals surface area contributed by atoms with Gasteiger partial charge >= 0.3 is 0 Å². The number of nitrogens with two attached hydrogens (primary N) is 1. The van der Waals surface area contributed by atoms with Gasteiger partial charge < -0.3 is 11.1 Å².